The van der Waals surface area contributed by atoms with Gasteiger partial charge in [-0.1, -0.05) is 6.07 Å². The molecule has 0 heterocycles. The Morgan fingerprint density at radius 3 is 2.73 bits per heavy atom. The minimum absolute atomic E-state index is 0.178. The van der Waals surface area contributed by atoms with Crippen LogP contribution >= 0.6 is 15.9 Å². The molecule has 0 atom stereocenters. The molecular weight excluding hydrogens is 270 g/mol. The van der Waals surface area contributed by atoms with Crippen molar-refractivity contribution in [3.8, 4) is 5.75 Å². The second-order valence-corrected chi connectivity index (χ2v) is 3.58. The predicted octanol–water partition coefficient (Wildman–Crippen LogP) is 2.38. The Hall–Kier alpha value is -1.17. The maximum Gasteiger partial charge on any atom is 0.272 e. The van der Waals surface area contributed by atoms with E-state index in [9.17, 15) is 8.78 Å². The summed E-state index contributed by atoms with van der Waals surface area (Å²) >= 11 is 3.17. The molecule has 82 valence electrons. The molecule has 1 rings (SSSR count). The molecule has 0 saturated carbocycles. The van der Waals surface area contributed by atoms with Gasteiger partial charge in [0, 0.05) is 4.47 Å². The Morgan fingerprint density at radius 1 is 1.53 bits per heavy atom. The number of amidine groups is 1. The van der Waals surface area contributed by atoms with Gasteiger partial charge in [-0.05, 0) is 28.1 Å². The highest BCUT2D eigenvalue weighted by Gasteiger charge is 2.12. The van der Waals surface area contributed by atoms with Crippen LogP contribution in [0.15, 0.2) is 22.7 Å². The second kappa shape index (κ2) is 5.06. The molecular formula is C9H9BrF2N2O. The topological polar surface area (TPSA) is 59.1 Å². The lowest BCUT2D eigenvalue weighted by molar-refractivity contribution is 0.0818. The molecule has 0 radical (unpaired) electrons. The van der Waals surface area contributed by atoms with E-state index < -0.39 is 13.0 Å². The predicted molar refractivity (Wildman–Crippen MR) is 56.7 cm³/mol. The highest BCUT2D eigenvalue weighted by atomic mass is 79.9. The van der Waals surface area contributed by atoms with E-state index in [1.54, 1.807) is 12.1 Å². The Labute approximate surface area is 93.9 Å². The van der Waals surface area contributed by atoms with Crippen molar-refractivity contribution in [2.24, 2.45) is 5.73 Å². The smallest absolute Gasteiger partial charge is 0.272 e. The molecule has 15 heavy (non-hydrogen) atoms. The van der Waals surface area contributed by atoms with Crippen molar-refractivity contribution in [2.45, 2.75) is 6.43 Å². The SMILES string of the molecule is N=C(N)c1c(Br)cccc1OCC(F)F. The molecule has 0 aromatic heterocycles. The third-order valence-corrected chi connectivity index (χ3v) is 2.27. The van der Waals surface area contributed by atoms with Crippen LogP contribution in [0.4, 0.5) is 8.78 Å². The van der Waals surface area contributed by atoms with Gasteiger partial charge in [0.05, 0.1) is 5.56 Å². The molecule has 6 heteroatoms. The van der Waals surface area contributed by atoms with Crippen molar-refractivity contribution in [1.82, 2.24) is 0 Å². The molecule has 0 aliphatic rings. The molecule has 0 aliphatic heterocycles. The molecule has 3 N–H and O–H groups in total. The van der Waals surface area contributed by atoms with Crippen molar-refractivity contribution < 1.29 is 13.5 Å². The molecule has 0 fully saturated rings. The molecule has 0 aliphatic carbocycles. The van der Waals surface area contributed by atoms with Crippen molar-refractivity contribution in [3.63, 3.8) is 0 Å². The number of hydrogen-bond donors (Lipinski definition) is 2. The van der Waals surface area contributed by atoms with Gasteiger partial charge in [0.25, 0.3) is 6.43 Å². The highest BCUT2D eigenvalue weighted by molar-refractivity contribution is 9.10. The van der Waals surface area contributed by atoms with Gasteiger partial charge in [-0.2, -0.15) is 0 Å². The first kappa shape index (κ1) is 11.9. The molecule has 0 unspecified atom stereocenters. The number of nitrogen functional groups attached to an aromatic ring is 1. The van der Waals surface area contributed by atoms with Gasteiger partial charge in [0.1, 0.15) is 18.2 Å². The Kier molecular flexibility index (Phi) is 4.02. The zero-order valence-electron chi connectivity index (χ0n) is 7.64. The van der Waals surface area contributed by atoms with Crippen LogP contribution in [0, 0.1) is 5.41 Å². The zero-order chi connectivity index (χ0) is 11.4. The molecule has 3 nitrogen and oxygen atoms in total. The van der Waals surface area contributed by atoms with Crippen LogP contribution in [0.25, 0.3) is 0 Å². The Morgan fingerprint density at radius 2 is 2.20 bits per heavy atom. The quantitative estimate of drug-likeness (QED) is 0.656. The summed E-state index contributed by atoms with van der Waals surface area (Å²) in [6, 6.07) is 4.77. The van der Waals surface area contributed by atoms with E-state index in [0.717, 1.165) is 0 Å². The Bertz CT molecular complexity index is 371. The summed E-state index contributed by atoms with van der Waals surface area (Å²) in [7, 11) is 0. The van der Waals surface area contributed by atoms with Crippen molar-refractivity contribution in [3.05, 3.63) is 28.2 Å². The number of hydrogen-bond acceptors (Lipinski definition) is 2. The monoisotopic (exact) mass is 278 g/mol. The first-order chi connectivity index (χ1) is 7.02. The van der Waals surface area contributed by atoms with Gasteiger partial charge in [-0.25, -0.2) is 8.78 Å². The Balaban J connectivity index is 2.96. The summed E-state index contributed by atoms with van der Waals surface area (Å²) in [6.07, 6.45) is -2.55. The van der Waals surface area contributed by atoms with E-state index in [2.05, 4.69) is 15.9 Å². The molecule has 0 bridgehead atoms. The molecule has 0 spiro atoms. The maximum absolute atomic E-state index is 11.9. The first-order valence-electron chi connectivity index (χ1n) is 4.06. The fourth-order valence-corrected chi connectivity index (χ4v) is 1.60. The van der Waals surface area contributed by atoms with Crippen LogP contribution in [-0.4, -0.2) is 18.9 Å². The van der Waals surface area contributed by atoms with E-state index in [1.807, 2.05) is 0 Å². The van der Waals surface area contributed by atoms with Crippen LogP contribution < -0.4 is 10.5 Å². The van der Waals surface area contributed by atoms with Crippen LogP contribution in [0.2, 0.25) is 0 Å². The van der Waals surface area contributed by atoms with Gasteiger partial charge in [0.2, 0.25) is 0 Å². The van der Waals surface area contributed by atoms with Crippen LogP contribution in [0.5, 0.6) is 5.75 Å². The number of rotatable bonds is 4. The van der Waals surface area contributed by atoms with Crippen molar-refractivity contribution in [2.75, 3.05) is 6.61 Å². The number of alkyl halides is 2. The van der Waals surface area contributed by atoms with Crippen LogP contribution in [0.1, 0.15) is 5.56 Å². The van der Waals surface area contributed by atoms with Gasteiger partial charge >= 0.3 is 0 Å². The van der Waals surface area contributed by atoms with E-state index in [-0.39, 0.29) is 17.1 Å². The highest BCUT2D eigenvalue weighted by Crippen LogP contribution is 2.26. The zero-order valence-corrected chi connectivity index (χ0v) is 9.22. The third-order valence-electron chi connectivity index (χ3n) is 1.61. The molecule has 1 aromatic carbocycles. The van der Waals surface area contributed by atoms with Crippen LogP contribution in [0.3, 0.4) is 0 Å². The van der Waals surface area contributed by atoms with E-state index in [4.69, 9.17) is 15.9 Å². The lowest BCUT2D eigenvalue weighted by Gasteiger charge is -2.11. The van der Waals surface area contributed by atoms with Gasteiger partial charge in [-0.15, -0.1) is 0 Å². The number of nitrogens with one attached hydrogen (secondary N) is 1. The average molecular weight is 279 g/mol. The normalized spacial score (nSPS) is 10.4. The number of halogens is 3. The summed E-state index contributed by atoms with van der Waals surface area (Å²) in [5, 5.41) is 7.28. The van der Waals surface area contributed by atoms with E-state index >= 15 is 0 Å². The fraction of sp³-hybridized carbons (Fsp3) is 0.222. The minimum Gasteiger partial charge on any atom is -0.487 e. The largest absolute Gasteiger partial charge is 0.487 e. The number of nitrogens with two attached hydrogens (primary N) is 1. The maximum atomic E-state index is 11.9. The summed E-state index contributed by atoms with van der Waals surface area (Å²) in [4.78, 5) is 0. The van der Waals surface area contributed by atoms with E-state index in [0.29, 0.717) is 4.47 Å². The third kappa shape index (κ3) is 3.16. The second-order valence-electron chi connectivity index (χ2n) is 2.73. The van der Waals surface area contributed by atoms with Gasteiger partial charge < -0.3 is 10.5 Å². The summed E-state index contributed by atoms with van der Waals surface area (Å²) < 4.78 is 29.2. The standard InChI is InChI=1S/C9H9BrF2N2O/c10-5-2-1-3-6(8(5)9(13)14)15-4-7(11)12/h1-3,7H,4H2,(H3,13,14). The van der Waals surface area contributed by atoms with Crippen molar-refractivity contribution in [1.29, 1.82) is 5.41 Å². The minimum atomic E-state index is -2.55. The average Bonchev–Trinajstić information content (AvgIpc) is 2.13. The summed E-state index contributed by atoms with van der Waals surface area (Å²) in [5.41, 5.74) is 5.60. The first-order valence-corrected chi connectivity index (χ1v) is 4.85. The summed E-state index contributed by atoms with van der Waals surface area (Å²) in [5.74, 6) is -0.0519. The number of ether oxygens (including phenoxy) is 1. The van der Waals surface area contributed by atoms with Crippen molar-refractivity contribution >= 4 is 21.8 Å². The lowest BCUT2D eigenvalue weighted by atomic mass is 10.2. The fourth-order valence-electron chi connectivity index (χ4n) is 1.04. The number of benzene rings is 1. The van der Waals surface area contributed by atoms with Gasteiger partial charge in [-0.3, -0.25) is 5.41 Å². The van der Waals surface area contributed by atoms with Crippen LogP contribution in [-0.2, 0) is 0 Å². The van der Waals surface area contributed by atoms with Gasteiger partial charge in [0.15, 0.2) is 0 Å². The molecule has 1 aromatic rings. The van der Waals surface area contributed by atoms with E-state index in [1.165, 1.54) is 6.07 Å². The molecule has 0 amide bonds. The summed E-state index contributed by atoms with van der Waals surface area (Å²) in [6.45, 7) is -0.712. The molecule has 0 saturated heterocycles. The lowest BCUT2D eigenvalue weighted by Crippen LogP contribution is -2.16.